The van der Waals surface area contributed by atoms with Gasteiger partial charge in [-0.25, -0.2) is 0 Å². The van der Waals surface area contributed by atoms with E-state index in [-0.39, 0.29) is 4.83 Å². The first kappa shape index (κ1) is 9.28. The van der Waals surface area contributed by atoms with Crippen LogP contribution in [0.25, 0.3) is 0 Å². The summed E-state index contributed by atoms with van der Waals surface area (Å²) < 4.78 is 0. The number of aryl methyl sites for hydroxylation is 1. The number of nitrogens with zero attached hydrogens (tertiary/aromatic N) is 1. The molecule has 0 heterocycles. The van der Waals surface area contributed by atoms with Crippen LogP contribution in [0.15, 0.2) is 24.3 Å². The van der Waals surface area contributed by atoms with E-state index in [1.807, 2.05) is 18.2 Å². The summed E-state index contributed by atoms with van der Waals surface area (Å²) in [5.41, 5.74) is 2.32. The van der Waals surface area contributed by atoms with E-state index >= 15 is 0 Å². The van der Waals surface area contributed by atoms with E-state index < -0.39 is 0 Å². The van der Waals surface area contributed by atoms with Gasteiger partial charge in [-0.1, -0.05) is 47.1 Å². The summed E-state index contributed by atoms with van der Waals surface area (Å²) >= 11 is 3.32. The van der Waals surface area contributed by atoms with Gasteiger partial charge in [0.25, 0.3) is 0 Å². The van der Waals surface area contributed by atoms with Crippen molar-refractivity contribution in [1.82, 2.24) is 0 Å². The molecule has 1 unspecified atom stereocenters. The predicted molar refractivity (Wildman–Crippen MR) is 53.1 cm³/mol. The van der Waals surface area contributed by atoms with Gasteiger partial charge in [0.15, 0.2) is 0 Å². The molecule has 0 spiro atoms. The van der Waals surface area contributed by atoms with Crippen molar-refractivity contribution in [2.45, 2.75) is 18.2 Å². The van der Waals surface area contributed by atoms with Gasteiger partial charge in [0.05, 0.1) is 6.07 Å². The lowest BCUT2D eigenvalue weighted by Gasteiger charge is -2.06. The van der Waals surface area contributed by atoms with E-state index in [0.717, 1.165) is 12.0 Å². The van der Waals surface area contributed by atoms with Crippen molar-refractivity contribution in [2.75, 3.05) is 0 Å². The van der Waals surface area contributed by atoms with Crippen molar-refractivity contribution in [3.63, 3.8) is 0 Å². The van der Waals surface area contributed by atoms with Crippen LogP contribution in [0, 0.1) is 11.3 Å². The number of hydrogen-bond acceptors (Lipinski definition) is 1. The highest BCUT2D eigenvalue weighted by Crippen LogP contribution is 2.25. The molecular weight excluding hydrogens is 214 g/mol. The van der Waals surface area contributed by atoms with Crippen molar-refractivity contribution >= 4 is 15.9 Å². The number of benzene rings is 1. The molecule has 1 rings (SSSR count). The monoisotopic (exact) mass is 223 g/mol. The van der Waals surface area contributed by atoms with E-state index in [1.54, 1.807) is 0 Å². The standard InChI is InChI=1S/C10H10BrN/c1-2-8-5-3-4-6-9(8)10(11)7-12/h3-6,10H,2H2,1H3. The molecule has 1 atom stereocenters. The Balaban J connectivity index is 3.06. The molecule has 1 aromatic rings. The summed E-state index contributed by atoms with van der Waals surface area (Å²) in [5.74, 6) is 0. The molecule has 62 valence electrons. The lowest BCUT2D eigenvalue weighted by molar-refractivity contribution is 1.08. The van der Waals surface area contributed by atoms with Gasteiger partial charge < -0.3 is 0 Å². The van der Waals surface area contributed by atoms with Crippen LogP contribution in [0.2, 0.25) is 0 Å². The van der Waals surface area contributed by atoms with Gasteiger partial charge in [0, 0.05) is 0 Å². The van der Waals surface area contributed by atoms with E-state index in [2.05, 4.69) is 35.0 Å². The lowest BCUT2D eigenvalue weighted by Crippen LogP contribution is -1.92. The van der Waals surface area contributed by atoms with Gasteiger partial charge in [-0.15, -0.1) is 0 Å². The maximum Gasteiger partial charge on any atom is 0.126 e. The minimum Gasteiger partial charge on any atom is -0.197 e. The zero-order chi connectivity index (χ0) is 8.97. The van der Waals surface area contributed by atoms with Gasteiger partial charge in [0.1, 0.15) is 4.83 Å². The number of alkyl halides is 1. The topological polar surface area (TPSA) is 23.8 Å². The smallest absolute Gasteiger partial charge is 0.126 e. The normalized spacial score (nSPS) is 12.1. The minimum atomic E-state index is -0.173. The molecule has 0 aromatic heterocycles. The van der Waals surface area contributed by atoms with Gasteiger partial charge in [-0.3, -0.25) is 0 Å². The molecule has 0 saturated carbocycles. The Bertz CT molecular complexity index is 301. The first-order chi connectivity index (χ1) is 5.79. The third-order valence-electron chi connectivity index (χ3n) is 1.82. The van der Waals surface area contributed by atoms with Crippen LogP contribution in [0.1, 0.15) is 22.9 Å². The molecule has 0 aliphatic carbocycles. The Hall–Kier alpha value is -0.810. The molecule has 2 heteroatoms. The molecule has 1 aromatic carbocycles. The Kier molecular flexibility index (Phi) is 3.31. The van der Waals surface area contributed by atoms with E-state index in [0.29, 0.717) is 0 Å². The van der Waals surface area contributed by atoms with Crippen LogP contribution < -0.4 is 0 Å². The van der Waals surface area contributed by atoms with Gasteiger partial charge in [-0.05, 0) is 17.5 Å². The first-order valence-electron chi connectivity index (χ1n) is 3.91. The van der Waals surface area contributed by atoms with E-state index in [1.165, 1.54) is 5.56 Å². The van der Waals surface area contributed by atoms with Crippen LogP contribution in [0.3, 0.4) is 0 Å². The van der Waals surface area contributed by atoms with Crippen molar-refractivity contribution < 1.29 is 0 Å². The van der Waals surface area contributed by atoms with Crippen LogP contribution in [0.4, 0.5) is 0 Å². The van der Waals surface area contributed by atoms with Crippen LogP contribution in [0.5, 0.6) is 0 Å². The molecule has 0 amide bonds. The third kappa shape index (κ3) is 1.86. The quantitative estimate of drug-likeness (QED) is 0.707. The predicted octanol–water partition coefficient (Wildman–Crippen LogP) is 3.21. The number of nitriles is 1. The van der Waals surface area contributed by atoms with Crippen molar-refractivity contribution in [3.8, 4) is 6.07 Å². The van der Waals surface area contributed by atoms with Crippen molar-refractivity contribution in [1.29, 1.82) is 5.26 Å². The Morgan fingerprint density at radius 3 is 2.75 bits per heavy atom. The number of hydrogen-bond donors (Lipinski definition) is 0. The molecular formula is C10H10BrN. The Labute approximate surface area is 81.2 Å². The second kappa shape index (κ2) is 4.27. The van der Waals surface area contributed by atoms with Crippen LogP contribution >= 0.6 is 15.9 Å². The lowest BCUT2D eigenvalue weighted by atomic mass is 10.0. The maximum atomic E-state index is 8.71. The number of halogens is 1. The van der Waals surface area contributed by atoms with E-state index in [4.69, 9.17) is 5.26 Å². The third-order valence-corrected chi connectivity index (χ3v) is 2.52. The Morgan fingerprint density at radius 2 is 2.17 bits per heavy atom. The SMILES string of the molecule is CCc1ccccc1C(Br)C#N. The highest BCUT2D eigenvalue weighted by Gasteiger charge is 2.08. The van der Waals surface area contributed by atoms with Gasteiger partial charge in [0.2, 0.25) is 0 Å². The first-order valence-corrected chi connectivity index (χ1v) is 4.82. The molecule has 12 heavy (non-hydrogen) atoms. The molecule has 0 aliphatic heterocycles. The maximum absolute atomic E-state index is 8.71. The molecule has 0 radical (unpaired) electrons. The summed E-state index contributed by atoms with van der Waals surface area (Å²) in [6.07, 6.45) is 0.972. The molecule has 0 saturated heterocycles. The fourth-order valence-corrected chi connectivity index (χ4v) is 1.62. The fraction of sp³-hybridized carbons (Fsp3) is 0.300. The van der Waals surface area contributed by atoms with Crippen LogP contribution in [-0.4, -0.2) is 0 Å². The second-order valence-electron chi connectivity index (χ2n) is 2.54. The molecule has 1 nitrogen and oxygen atoms in total. The Morgan fingerprint density at radius 1 is 1.50 bits per heavy atom. The molecule has 0 N–H and O–H groups in total. The minimum absolute atomic E-state index is 0.173. The van der Waals surface area contributed by atoms with Gasteiger partial charge >= 0.3 is 0 Å². The van der Waals surface area contributed by atoms with Crippen molar-refractivity contribution in [3.05, 3.63) is 35.4 Å². The average molecular weight is 224 g/mol. The zero-order valence-corrected chi connectivity index (χ0v) is 8.51. The summed E-state index contributed by atoms with van der Waals surface area (Å²) in [5, 5.41) is 8.71. The summed E-state index contributed by atoms with van der Waals surface area (Å²) in [6, 6.07) is 10.2. The second-order valence-corrected chi connectivity index (χ2v) is 3.46. The summed E-state index contributed by atoms with van der Waals surface area (Å²) in [6.45, 7) is 2.09. The number of rotatable bonds is 2. The summed E-state index contributed by atoms with van der Waals surface area (Å²) in [4.78, 5) is -0.173. The highest BCUT2D eigenvalue weighted by atomic mass is 79.9. The van der Waals surface area contributed by atoms with E-state index in [9.17, 15) is 0 Å². The molecule has 0 bridgehead atoms. The highest BCUT2D eigenvalue weighted by molar-refractivity contribution is 9.09. The fourth-order valence-electron chi connectivity index (χ4n) is 1.17. The summed E-state index contributed by atoms with van der Waals surface area (Å²) in [7, 11) is 0. The van der Waals surface area contributed by atoms with Gasteiger partial charge in [-0.2, -0.15) is 5.26 Å². The average Bonchev–Trinajstić information content (AvgIpc) is 2.16. The zero-order valence-electron chi connectivity index (χ0n) is 6.92. The molecule has 0 aliphatic rings. The largest absolute Gasteiger partial charge is 0.197 e. The van der Waals surface area contributed by atoms with Crippen LogP contribution in [-0.2, 0) is 6.42 Å². The molecule has 0 fully saturated rings. The van der Waals surface area contributed by atoms with Crippen molar-refractivity contribution in [2.24, 2.45) is 0 Å².